The van der Waals surface area contributed by atoms with E-state index in [2.05, 4.69) is 46.4 Å². The van der Waals surface area contributed by atoms with Crippen LogP contribution in [0.1, 0.15) is 45.6 Å². The first kappa shape index (κ1) is 16.5. The number of nitrogens with one attached hydrogen (secondary N) is 3. The fourth-order valence-electron chi connectivity index (χ4n) is 5.58. The van der Waals surface area contributed by atoms with Crippen LogP contribution >= 0.6 is 0 Å². The maximum Gasteiger partial charge on any atom is 0.276 e. The van der Waals surface area contributed by atoms with Gasteiger partial charge in [-0.05, 0) is 54.2 Å². The van der Waals surface area contributed by atoms with Crippen molar-refractivity contribution in [3.63, 3.8) is 0 Å². The molecule has 2 fully saturated rings. The molecule has 3 atom stereocenters. The van der Waals surface area contributed by atoms with Crippen molar-refractivity contribution in [2.24, 2.45) is 21.7 Å². The fourth-order valence-corrected chi connectivity index (χ4v) is 5.58. The smallest absolute Gasteiger partial charge is 0.276 e. The van der Waals surface area contributed by atoms with Crippen molar-refractivity contribution < 1.29 is 4.79 Å². The van der Waals surface area contributed by atoms with Crippen LogP contribution in [0.15, 0.2) is 35.2 Å². The van der Waals surface area contributed by atoms with Gasteiger partial charge in [0.25, 0.3) is 5.91 Å². The minimum absolute atomic E-state index is 0.165. The molecule has 1 aliphatic heterocycles. The van der Waals surface area contributed by atoms with Crippen LogP contribution in [0.2, 0.25) is 0 Å². The van der Waals surface area contributed by atoms with Gasteiger partial charge in [-0.1, -0.05) is 20.8 Å². The molecule has 6 heteroatoms. The highest BCUT2D eigenvalue weighted by Gasteiger charge is 2.59. The van der Waals surface area contributed by atoms with Crippen LogP contribution in [0.4, 0.5) is 0 Å². The third-order valence-corrected chi connectivity index (χ3v) is 7.02. The Balaban J connectivity index is 1.43. The third kappa shape index (κ3) is 2.42. The molecule has 0 unspecified atom stereocenters. The van der Waals surface area contributed by atoms with Gasteiger partial charge in [0.1, 0.15) is 11.3 Å². The number of hydrogen-bond acceptors (Lipinski definition) is 4. The van der Waals surface area contributed by atoms with Crippen LogP contribution < -0.4 is 10.6 Å². The topological polar surface area (TPSA) is 82.2 Å². The lowest BCUT2D eigenvalue weighted by atomic mass is 9.68. The maximum atomic E-state index is 12.5. The second-order valence-corrected chi connectivity index (χ2v) is 9.08. The third-order valence-electron chi connectivity index (χ3n) is 7.02. The van der Waals surface area contributed by atoms with Crippen molar-refractivity contribution >= 4 is 29.0 Å². The first-order valence-corrected chi connectivity index (χ1v) is 9.67. The molecule has 2 aromatic heterocycles. The van der Waals surface area contributed by atoms with E-state index in [1.807, 2.05) is 24.4 Å². The summed E-state index contributed by atoms with van der Waals surface area (Å²) in [5.74, 6) is 1.16. The van der Waals surface area contributed by atoms with E-state index in [9.17, 15) is 4.79 Å². The summed E-state index contributed by atoms with van der Waals surface area (Å²) in [6, 6.07) is 4.19. The minimum atomic E-state index is -0.165. The Morgan fingerprint density at radius 2 is 2.19 bits per heavy atom. The van der Waals surface area contributed by atoms with E-state index in [0.29, 0.717) is 17.7 Å². The summed E-state index contributed by atoms with van der Waals surface area (Å²) in [5.41, 5.74) is 2.63. The molecule has 3 N–H and O–H groups in total. The molecule has 3 heterocycles. The number of carbonyl (C=O) groups excluding carboxylic acids is 1. The molecule has 0 saturated heterocycles. The number of fused-ring (bicyclic) bond motifs is 3. The Hall–Kier alpha value is -2.63. The molecule has 6 nitrogen and oxygen atoms in total. The predicted octanol–water partition coefficient (Wildman–Crippen LogP) is 3.19. The predicted molar refractivity (Wildman–Crippen MR) is 106 cm³/mol. The molecule has 3 aliphatic rings. The van der Waals surface area contributed by atoms with Gasteiger partial charge in [0, 0.05) is 29.4 Å². The second-order valence-electron chi connectivity index (χ2n) is 9.08. The number of H-pyrrole nitrogens is 1. The van der Waals surface area contributed by atoms with Crippen LogP contribution in [-0.2, 0) is 4.79 Å². The highest BCUT2D eigenvalue weighted by atomic mass is 16.2. The van der Waals surface area contributed by atoms with Gasteiger partial charge in [0.2, 0.25) is 5.96 Å². The second kappa shape index (κ2) is 5.44. The van der Waals surface area contributed by atoms with Gasteiger partial charge in [-0.25, -0.2) is 9.98 Å². The standard InChI is InChI=1S/C21H25N5O/c1-20(2)13-6-7-21(3,10-13)18(20)26-19-24-15(17(27)25-19)9-12-11-23-16-14(12)5-4-8-22-16/h4-5,8-9,11,13,18H,6-7,10H2,1-3H3,(H,22,23)(H2,24,25,26,27)/b15-9-/t13-,18-,21-/m0/s1. The summed E-state index contributed by atoms with van der Waals surface area (Å²) in [6.07, 6.45) is 9.22. The Morgan fingerprint density at radius 3 is 2.96 bits per heavy atom. The number of nitrogens with zero attached hydrogens (tertiary/aromatic N) is 2. The number of amides is 1. The van der Waals surface area contributed by atoms with Gasteiger partial charge < -0.3 is 10.3 Å². The molecular weight excluding hydrogens is 338 g/mol. The van der Waals surface area contributed by atoms with Gasteiger partial charge in [-0.2, -0.15) is 0 Å². The summed E-state index contributed by atoms with van der Waals surface area (Å²) < 4.78 is 0. The average Bonchev–Trinajstić information content (AvgIpc) is 3.35. The molecular formula is C21H25N5O. The van der Waals surface area contributed by atoms with Gasteiger partial charge in [-0.3, -0.25) is 10.1 Å². The molecule has 2 bridgehead atoms. The monoisotopic (exact) mass is 363 g/mol. The minimum Gasteiger partial charge on any atom is -0.352 e. The lowest BCUT2D eigenvalue weighted by molar-refractivity contribution is -0.115. The summed E-state index contributed by atoms with van der Waals surface area (Å²) in [4.78, 5) is 24.4. The van der Waals surface area contributed by atoms with E-state index in [4.69, 9.17) is 0 Å². The lowest BCUT2D eigenvalue weighted by Crippen LogP contribution is -2.54. The van der Waals surface area contributed by atoms with Crippen LogP contribution in [-0.4, -0.2) is 27.9 Å². The summed E-state index contributed by atoms with van der Waals surface area (Å²) in [5, 5.41) is 7.47. The van der Waals surface area contributed by atoms with E-state index >= 15 is 0 Å². The van der Waals surface area contributed by atoms with Crippen LogP contribution in [0.3, 0.4) is 0 Å². The van der Waals surface area contributed by atoms with E-state index in [-0.39, 0.29) is 16.7 Å². The number of aromatic nitrogens is 2. The summed E-state index contributed by atoms with van der Waals surface area (Å²) in [6.45, 7) is 7.05. The summed E-state index contributed by atoms with van der Waals surface area (Å²) in [7, 11) is 0. The van der Waals surface area contributed by atoms with Crippen LogP contribution in [0.5, 0.6) is 0 Å². The average molecular weight is 363 g/mol. The van der Waals surface area contributed by atoms with Gasteiger partial charge in [0.05, 0.1) is 0 Å². The molecule has 140 valence electrons. The normalized spacial score (nSPS) is 32.9. The molecule has 2 aromatic rings. The van der Waals surface area contributed by atoms with Crippen LogP contribution in [0.25, 0.3) is 17.1 Å². The summed E-state index contributed by atoms with van der Waals surface area (Å²) >= 11 is 0. The Morgan fingerprint density at radius 1 is 1.33 bits per heavy atom. The van der Waals surface area contributed by atoms with Crippen molar-refractivity contribution in [1.29, 1.82) is 0 Å². The van der Waals surface area contributed by atoms with Crippen molar-refractivity contribution in [3.05, 3.63) is 35.8 Å². The van der Waals surface area contributed by atoms with Crippen molar-refractivity contribution in [1.82, 2.24) is 20.6 Å². The first-order chi connectivity index (χ1) is 12.9. The number of aliphatic imine (C=N–C) groups is 1. The van der Waals surface area contributed by atoms with E-state index in [1.54, 1.807) is 6.20 Å². The molecule has 1 amide bonds. The largest absolute Gasteiger partial charge is 0.352 e. The Kier molecular flexibility index (Phi) is 3.33. The van der Waals surface area contributed by atoms with Crippen molar-refractivity contribution in [3.8, 4) is 0 Å². The molecule has 2 saturated carbocycles. The van der Waals surface area contributed by atoms with Gasteiger partial charge in [-0.15, -0.1) is 0 Å². The Labute approximate surface area is 158 Å². The van der Waals surface area contributed by atoms with Crippen molar-refractivity contribution in [2.75, 3.05) is 0 Å². The highest BCUT2D eigenvalue weighted by Crippen LogP contribution is 2.62. The number of pyridine rings is 1. The molecule has 0 radical (unpaired) electrons. The molecule has 27 heavy (non-hydrogen) atoms. The SMILES string of the molecule is CC1(C)[C@H]2CC[C@@](C)(C2)[C@H]1NC1=N/C(=C\c2c[nH]c3ncccc23)C(=O)N1. The highest BCUT2D eigenvalue weighted by molar-refractivity contribution is 6.14. The number of carbonyl (C=O) groups is 1. The van der Waals surface area contributed by atoms with Gasteiger partial charge >= 0.3 is 0 Å². The Bertz CT molecular complexity index is 996. The quantitative estimate of drug-likeness (QED) is 0.717. The first-order valence-electron chi connectivity index (χ1n) is 9.67. The lowest BCUT2D eigenvalue weighted by Gasteiger charge is -2.43. The number of hydrogen-bond donors (Lipinski definition) is 3. The van der Waals surface area contributed by atoms with Crippen LogP contribution in [0, 0.1) is 16.7 Å². The van der Waals surface area contributed by atoms with Crippen molar-refractivity contribution in [2.45, 2.75) is 46.1 Å². The van der Waals surface area contributed by atoms with Gasteiger partial charge in [0.15, 0.2) is 0 Å². The molecule has 0 aromatic carbocycles. The molecule has 5 rings (SSSR count). The van der Waals surface area contributed by atoms with E-state index in [0.717, 1.165) is 22.5 Å². The van der Waals surface area contributed by atoms with E-state index in [1.165, 1.54) is 19.3 Å². The fraction of sp³-hybridized carbons (Fsp3) is 0.476. The maximum absolute atomic E-state index is 12.5. The van der Waals surface area contributed by atoms with E-state index < -0.39 is 0 Å². The zero-order valence-corrected chi connectivity index (χ0v) is 16.0. The number of aromatic amines is 1. The number of guanidine groups is 1. The molecule has 2 aliphatic carbocycles. The number of rotatable bonds is 2. The zero-order valence-electron chi connectivity index (χ0n) is 16.0. The molecule has 0 spiro atoms. The zero-order chi connectivity index (χ0) is 18.8.